The first kappa shape index (κ1) is 12.0. The number of nitrogens with two attached hydrogens (primary N) is 1. The Morgan fingerprint density at radius 2 is 2.13 bits per heavy atom. The van der Waals surface area contributed by atoms with Crippen molar-refractivity contribution in [3.63, 3.8) is 0 Å². The van der Waals surface area contributed by atoms with Crippen molar-refractivity contribution in [2.45, 2.75) is 19.4 Å². The molecule has 0 unspecified atom stereocenters. The van der Waals surface area contributed by atoms with Crippen LogP contribution in [0.1, 0.15) is 13.8 Å². The van der Waals surface area contributed by atoms with E-state index in [9.17, 15) is 5.11 Å². The van der Waals surface area contributed by atoms with Gasteiger partial charge in [-0.15, -0.1) is 0 Å². The first-order valence-electron chi connectivity index (χ1n) is 4.51. The lowest BCUT2D eigenvalue weighted by Gasteiger charge is -2.26. The Labute approximate surface area is 93.9 Å². The average Bonchev–Trinajstić information content (AvgIpc) is 1.98. The van der Waals surface area contributed by atoms with Crippen LogP contribution in [0.15, 0.2) is 6.07 Å². The smallest absolute Gasteiger partial charge is 0.223 e. The van der Waals surface area contributed by atoms with E-state index in [1.54, 1.807) is 31.9 Å². The molecule has 15 heavy (non-hydrogen) atoms. The second-order valence-electron chi connectivity index (χ2n) is 4.08. The van der Waals surface area contributed by atoms with Crippen LogP contribution >= 0.6 is 11.6 Å². The highest BCUT2D eigenvalue weighted by atomic mass is 35.5. The molecule has 0 bridgehead atoms. The van der Waals surface area contributed by atoms with Crippen molar-refractivity contribution in [2.24, 2.45) is 0 Å². The molecule has 0 amide bonds. The van der Waals surface area contributed by atoms with Crippen LogP contribution in [0.2, 0.25) is 5.15 Å². The summed E-state index contributed by atoms with van der Waals surface area (Å²) < 4.78 is 0. The molecule has 0 atom stereocenters. The maximum absolute atomic E-state index is 9.64. The molecule has 0 saturated heterocycles. The molecular formula is C9H15ClN4O. The summed E-state index contributed by atoms with van der Waals surface area (Å²) in [6.07, 6.45) is 0. The van der Waals surface area contributed by atoms with Crippen LogP contribution in [0.5, 0.6) is 0 Å². The second kappa shape index (κ2) is 4.20. The third-order valence-electron chi connectivity index (χ3n) is 1.71. The Balaban J connectivity index is 2.86. The minimum atomic E-state index is -0.805. The largest absolute Gasteiger partial charge is 0.389 e. The molecular weight excluding hydrogens is 216 g/mol. The van der Waals surface area contributed by atoms with E-state index in [0.29, 0.717) is 17.5 Å². The van der Waals surface area contributed by atoms with Crippen LogP contribution < -0.4 is 10.6 Å². The van der Waals surface area contributed by atoms with Crippen LogP contribution in [0.4, 0.5) is 11.8 Å². The van der Waals surface area contributed by atoms with Gasteiger partial charge < -0.3 is 15.7 Å². The number of aliphatic hydroxyl groups is 1. The molecule has 1 aromatic heterocycles. The summed E-state index contributed by atoms with van der Waals surface area (Å²) >= 11 is 5.75. The Hall–Kier alpha value is -1.07. The van der Waals surface area contributed by atoms with Gasteiger partial charge in [-0.1, -0.05) is 11.6 Å². The van der Waals surface area contributed by atoms with Crippen LogP contribution in [0, 0.1) is 0 Å². The Morgan fingerprint density at radius 1 is 1.53 bits per heavy atom. The minimum Gasteiger partial charge on any atom is -0.389 e. The van der Waals surface area contributed by atoms with Crippen molar-refractivity contribution < 1.29 is 5.11 Å². The summed E-state index contributed by atoms with van der Waals surface area (Å²) in [4.78, 5) is 9.54. The van der Waals surface area contributed by atoms with Crippen molar-refractivity contribution in [3.05, 3.63) is 11.2 Å². The number of anilines is 2. The first-order chi connectivity index (χ1) is 6.78. The topological polar surface area (TPSA) is 75.3 Å². The highest BCUT2D eigenvalue weighted by Gasteiger charge is 2.17. The van der Waals surface area contributed by atoms with Gasteiger partial charge in [0.1, 0.15) is 11.0 Å². The van der Waals surface area contributed by atoms with Crippen LogP contribution in [0.3, 0.4) is 0 Å². The zero-order valence-electron chi connectivity index (χ0n) is 9.03. The van der Waals surface area contributed by atoms with Gasteiger partial charge in [-0.05, 0) is 13.8 Å². The maximum Gasteiger partial charge on any atom is 0.223 e. The predicted octanol–water partition coefficient (Wildman–Crippen LogP) is 0.919. The highest BCUT2D eigenvalue weighted by molar-refractivity contribution is 6.29. The van der Waals surface area contributed by atoms with Crippen molar-refractivity contribution in [3.8, 4) is 0 Å². The van der Waals surface area contributed by atoms with E-state index in [2.05, 4.69) is 9.97 Å². The van der Waals surface area contributed by atoms with Gasteiger partial charge in [0.05, 0.1) is 5.60 Å². The van der Waals surface area contributed by atoms with Crippen LogP contribution in [0.25, 0.3) is 0 Å². The van der Waals surface area contributed by atoms with E-state index in [1.165, 1.54) is 0 Å². The predicted molar refractivity (Wildman–Crippen MR) is 61.0 cm³/mol. The van der Waals surface area contributed by atoms with Gasteiger partial charge in [-0.3, -0.25) is 0 Å². The summed E-state index contributed by atoms with van der Waals surface area (Å²) in [6.45, 7) is 3.87. The standard InChI is InChI=1S/C9H15ClN4O/c1-9(2,15)5-14(3)7-4-6(10)12-8(11)13-7/h4,15H,5H2,1-3H3,(H2,11,12,13). The highest BCUT2D eigenvalue weighted by Crippen LogP contribution is 2.17. The lowest BCUT2D eigenvalue weighted by Crippen LogP contribution is -2.36. The first-order valence-corrected chi connectivity index (χ1v) is 4.89. The van der Waals surface area contributed by atoms with E-state index < -0.39 is 5.60 Å². The molecule has 6 heteroatoms. The second-order valence-corrected chi connectivity index (χ2v) is 4.46. The summed E-state index contributed by atoms with van der Waals surface area (Å²) in [5.74, 6) is 0.717. The summed E-state index contributed by atoms with van der Waals surface area (Å²) in [5, 5.41) is 9.93. The molecule has 0 aliphatic rings. The number of aromatic nitrogens is 2. The van der Waals surface area contributed by atoms with Crippen molar-refractivity contribution >= 4 is 23.4 Å². The fraction of sp³-hybridized carbons (Fsp3) is 0.556. The van der Waals surface area contributed by atoms with Gasteiger partial charge in [0.15, 0.2) is 0 Å². The fourth-order valence-electron chi connectivity index (χ4n) is 1.28. The number of likely N-dealkylation sites (N-methyl/N-ethyl adjacent to an activating group) is 1. The van der Waals surface area contributed by atoms with E-state index in [-0.39, 0.29) is 5.95 Å². The zero-order valence-corrected chi connectivity index (χ0v) is 9.78. The number of hydrogen-bond donors (Lipinski definition) is 2. The van der Waals surface area contributed by atoms with Gasteiger partial charge in [-0.2, -0.15) is 4.98 Å². The Morgan fingerprint density at radius 3 is 2.60 bits per heavy atom. The SMILES string of the molecule is CN(CC(C)(C)O)c1cc(Cl)nc(N)n1. The molecule has 1 rings (SSSR count). The van der Waals surface area contributed by atoms with Gasteiger partial charge in [-0.25, -0.2) is 4.98 Å². The van der Waals surface area contributed by atoms with Crippen LogP contribution in [-0.4, -0.2) is 34.3 Å². The van der Waals surface area contributed by atoms with Crippen molar-refractivity contribution in [2.75, 3.05) is 24.2 Å². The molecule has 0 aliphatic heterocycles. The lowest BCUT2D eigenvalue weighted by atomic mass is 10.1. The van der Waals surface area contributed by atoms with Gasteiger partial charge in [0.25, 0.3) is 0 Å². The summed E-state index contributed by atoms with van der Waals surface area (Å²) in [5.41, 5.74) is 4.66. The molecule has 0 fully saturated rings. The monoisotopic (exact) mass is 230 g/mol. The fourth-order valence-corrected chi connectivity index (χ4v) is 1.46. The summed E-state index contributed by atoms with van der Waals surface area (Å²) in [7, 11) is 1.80. The summed E-state index contributed by atoms with van der Waals surface area (Å²) in [6, 6.07) is 1.60. The molecule has 1 aromatic rings. The van der Waals surface area contributed by atoms with Gasteiger partial charge >= 0.3 is 0 Å². The normalized spacial score (nSPS) is 11.5. The van der Waals surface area contributed by atoms with E-state index in [4.69, 9.17) is 17.3 Å². The quantitative estimate of drug-likeness (QED) is 0.756. The van der Waals surface area contributed by atoms with Crippen molar-refractivity contribution in [1.29, 1.82) is 0 Å². The number of hydrogen-bond acceptors (Lipinski definition) is 5. The van der Waals surface area contributed by atoms with E-state index >= 15 is 0 Å². The Kier molecular flexibility index (Phi) is 3.36. The lowest BCUT2D eigenvalue weighted by molar-refractivity contribution is 0.0884. The van der Waals surface area contributed by atoms with Gasteiger partial charge in [0, 0.05) is 19.7 Å². The molecule has 0 radical (unpaired) electrons. The third-order valence-corrected chi connectivity index (χ3v) is 1.91. The molecule has 3 N–H and O–H groups in total. The molecule has 5 nitrogen and oxygen atoms in total. The minimum absolute atomic E-state index is 0.125. The number of nitrogens with zero attached hydrogens (tertiary/aromatic N) is 3. The zero-order chi connectivity index (χ0) is 11.6. The molecule has 0 aromatic carbocycles. The average molecular weight is 231 g/mol. The molecule has 0 aliphatic carbocycles. The maximum atomic E-state index is 9.64. The van der Waals surface area contributed by atoms with Crippen LogP contribution in [-0.2, 0) is 0 Å². The third kappa shape index (κ3) is 3.89. The van der Waals surface area contributed by atoms with Gasteiger partial charge in [0.2, 0.25) is 5.95 Å². The number of halogens is 1. The van der Waals surface area contributed by atoms with Crippen molar-refractivity contribution in [1.82, 2.24) is 9.97 Å². The Bertz CT molecular complexity index is 330. The van der Waals surface area contributed by atoms with E-state index in [0.717, 1.165) is 0 Å². The number of nitrogen functional groups attached to an aromatic ring is 1. The molecule has 1 heterocycles. The molecule has 0 saturated carbocycles. The van der Waals surface area contributed by atoms with E-state index in [1.807, 2.05) is 0 Å². The molecule has 0 spiro atoms. The molecule has 84 valence electrons. The number of rotatable bonds is 3.